The van der Waals surface area contributed by atoms with Crippen molar-refractivity contribution >= 4 is 5.97 Å². The Labute approximate surface area is 82.3 Å². The molecule has 0 heterocycles. The number of aryl methyl sites for hydroxylation is 1. The maximum atomic E-state index is 10.4. The van der Waals surface area contributed by atoms with E-state index >= 15 is 0 Å². The summed E-state index contributed by atoms with van der Waals surface area (Å²) in [7, 11) is 0. The van der Waals surface area contributed by atoms with E-state index in [1.54, 1.807) is 12.1 Å². The van der Waals surface area contributed by atoms with Crippen LogP contribution in [0, 0.1) is 6.92 Å². The molecule has 0 saturated heterocycles. The SMILES string of the molecule is Cc1ccc(OC[C@H](N)C(=O)O)cc1. The van der Waals surface area contributed by atoms with Gasteiger partial charge in [-0.1, -0.05) is 17.7 Å². The summed E-state index contributed by atoms with van der Waals surface area (Å²) < 4.78 is 5.18. The molecule has 14 heavy (non-hydrogen) atoms. The summed E-state index contributed by atoms with van der Waals surface area (Å²) in [5.41, 5.74) is 6.39. The van der Waals surface area contributed by atoms with E-state index in [0.29, 0.717) is 5.75 Å². The van der Waals surface area contributed by atoms with E-state index < -0.39 is 12.0 Å². The van der Waals surface area contributed by atoms with Crippen molar-refractivity contribution in [3.05, 3.63) is 29.8 Å². The molecule has 0 fully saturated rings. The van der Waals surface area contributed by atoms with Crippen molar-refractivity contribution in [2.24, 2.45) is 5.73 Å². The largest absolute Gasteiger partial charge is 0.491 e. The Hall–Kier alpha value is -1.55. The number of aliphatic carboxylic acids is 1. The molecular weight excluding hydrogens is 182 g/mol. The maximum Gasteiger partial charge on any atom is 0.324 e. The summed E-state index contributed by atoms with van der Waals surface area (Å²) in [4.78, 5) is 10.4. The van der Waals surface area contributed by atoms with Gasteiger partial charge in [-0.05, 0) is 19.1 Å². The van der Waals surface area contributed by atoms with Crippen LogP contribution in [0.3, 0.4) is 0 Å². The van der Waals surface area contributed by atoms with Gasteiger partial charge in [0.05, 0.1) is 0 Å². The maximum absolute atomic E-state index is 10.4. The molecule has 0 radical (unpaired) electrons. The van der Waals surface area contributed by atoms with Crippen LogP contribution in [0.4, 0.5) is 0 Å². The van der Waals surface area contributed by atoms with Gasteiger partial charge in [0.15, 0.2) is 0 Å². The molecule has 0 aliphatic carbocycles. The van der Waals surface area contributed by atoms with Crippen molar-refractivity contribution in [2.75, 3.05) is 6.61 Å². The molecule has 76 valence electrons. The van der Waals surface area contributed by atoms with Gasteiger partial charge in [-0.25, -0.2) is 0 Å². The van der Waals surface area contributed by atoms with Crippen LogP contribution in [-0.2, 0) is 4.79 Å². The zero-order valence-corrected chi connectivity index (χ0v) is 7.93. The minimum atomic E-state index is -1.06. The van der Waals surface area contributed by atoms with Crippen LogP contribution in [0.15, 0.2) is 24.3 Å². The first kappa shape index (κ1) is 10.5. The number of nitrogens with two attached hydrogens (primary N) is 1. The normalized spacial score (nSPS) is 12.1. The Balaban J connectivity index is 2.46. The summed E-state index contributed by atoms with van der Waals surface area (Å²) in [5, 5.41) is 8.50. The number of hydrogen-bond acceptors (Lipinski definition) is 3. The molecule has 3 N–H and O–H groups in total. The van der Waals surface area contributed by atoms with E-state index in [1.165, 1.54) is 0 Å². The predicted molar refractivity (Wildman–Crippen MR) is 52.3 cm³/mol. The minimum absolute atomic E-state index is 0.0155. The second-order valence-corrected chi connectivity index (χ2v) is 3.07. The van der Waals surface area contributed by atoms with Gasteiger partial charge in [0.2, 0.25) is 0 Å². The summed E-state index contributed by atoms with van der Waals surface area (Å²) in [5.74, 6) is -0.426. The standard InChI is InChI=1S/C10H13NO3/c1-7-2-4-8(5-3-7)14-6-9(11)10(12)13/h2-5,9H,6,11H2,1H3,(H,12,13)/t9-/m0/s1. The second-order valence-electron chi connectivity index (χ2n) is 3.07. The first-order valence-electron chi connectivity index (χ1n) is 4.27. The van der Waals surface area contributed by atoms with Crippen LogP contribution in [0.1, 0.15) is 5.56 Å². The third-order valence-corrected chi connectivity index (χ3v) is 1.77. The van der Waals surface area contributed by atoms with Crippen molar-refractivity contribution in [1.82, 2.24) is 0 Å². The minimum Gasteiger partial charge on any atom is -0.491 e. The zero-order chi connectivity index (χ0) is 10.6. The van der Waals surface area contributed by atoms with Gasteiger partial charge in [0.25, 0.3) is 0 Å². The Morgan fingerprint density at radius 3 is 2.57 bits per heavy atom. The molecule has 0 amide bonds. The lowest BCUT2D eigenvalue weighted by Crippen LogP contribution is -2.36. The molecule has 0 unspecified atom stereocenters. The Morgan fingerprint density at radius 2 is 2.07 bits per heavy atom. The highest BCUT2D eigenvalue weighted by atomic mass is 16.5. The van der Waals surface area contributed by atoms with Crippen molar-refractivity contribution in [1.29, 1.82) is 0 Å². The average Bonchev–Trinajstić information content (AvgIpc) is 2.16. The smallest absolute Gasteiger partial charge is 0.324 e. The molecule has 1 aromatic carbocycles. The number of carboxylic acids is 1. The molecule has 0 aromatic heterocycles. The monoisotopic (exact) mass is 195 g/mol. The second kappa shape index (κ2) is 4.62. The van der Waals surface area contributed by atoms with Gasteiger partial charge in [0.1, 0.15) is 18.4 Å². The molecule has 0 spiro atoms. The van der Waals surface area contributed by atoms with Gasteiger partial charge in [-0.3, -0.25) is 4.79 Å². The number of ether oxygens (including phenoxy) is 1. The highest BCUT2D eigenvalue weighted by Gasteiger charge is 2.11. The third-order valence-electron chi connectivity index (χ3n) is 1.77. The number of rotatable bonds is 4. The molecule has 0 saturated carbocycles. The van der Waals surface area contributed by atoms with Crippen LogP contribution < -0.4 is 10.5 Å². The molecule has 1 atom stereocenters. The zero-order valence-electron chi connectivity index (χ0n) is 7.93. The highest BCUT2D eigenvalue weighted by Crippen LogP contribution is 2.11. The summed E-state index contributed by atoms with van der Waals surface area (Å²) in [6.45, 7) is 1.95. The molecule has 1 rings (SSSR count). The first-order valence-corrected chi connectivity index (χ1v) is 4.27. The van der Waals surface area contributed by atoms with Crippen LogP contribution in [0.25, 0.3) is 0 Å². The van der Waals surface area contributed by atoms with Gasteiger partial charge in [-0.15, -0.1) is 0 Å². The molecule has 0 aliphatic rings. The lowest BCUT2D eigenvalue weighted by Gasteiger charge is -2.09. The van der Waals surface area contributed by atoms with Crippen LogP contribution in [-0.4, -0.2) is 23.7 Å². The fourth-order valence-corrected chi connectivity index (χ4v) is 0.892. The first-order chi connectivity index (χ1) is 6.59. The van der Waals surface area contributed by atoms with Crippen LogP contribution in [0.2, 0.25) is 0 Å². The Kier molecular flexibility index (Phi) is 3.48. The molecule has 4 nitrogen and oxygen atoms in total. The molecule has 0 bridgehead atoms. The van der Waals surface area contributed by atoms with E-state index in [9.17, 15) is 4.79 Å². The highest BCUT2D eigenvalue weighted by molar-refractivity contribution is 5.73. The van der Waals surface area contributed by atoms with Crippen molar-refractivity contribution in [3.63, 3.8) is 0 Å². The van der Waals surface area contributed by atoms with E-state index in [0.717, 1.165) is 5.56 Å². The molecule has 1 aromatic rings. The van der Waals surface area contributed by atoms with E-state index in [1.807, 2.05) is 19.1 Å². The van der Waals surface area contributed by atoms with Crippen molar-refractivity contribution < 1.29 is 14.6 Å². The molecule has 0 aliphatic heterocycles. The van der Waals surface area contributed by atoms with Gasteiger partial charge in [0, 0.05) is 0 Å². The number of benzene rings is 1. The van der Waals surface area contributed by atoms with Gasteiger partial charge < -0.3 is 15.6 Å². The summed E-state index contributed by atoms with van der Waals surface area (Å²) in [6.07, 6.45) is 0. The fraction of sp³-hybridized carbons (Fsp3) is 0.300. The number of carbonyl (C=O) groups is 1. The van der Waals surface area contributed by atoms with Gasteiger partial charge >= 0.3 is 5.97 Å². The van der Waals surface area contributed by atoms with E-state index in [4.69, 9.17) is 15.6 Å². The topological polar surface area (TPSA) is 72.5 Å². The summed E-state index contributed by atoms with van der Waals surface area (Å²) in [6, 6.07) is 6.37. The van der Waals surface area contributed by atoms with Gasteiger partial charge in [-0.2, -0.15) is 0 Å². The van der Waals surface area contributed by atoms with E-state index in [2.05, 4.69) is 0 Å². The Morgan fingerprint density at radius 1 is 1.50 bits per heavy atom. The van der Waals surface area contributed by atoms with Crippen molar-refractivity contribution in [3.8, 4) is 5.75 Å². The fourth-order valence-electron chi connectivity index (χ4n) is 0.892. The predicted octanol–water partition coefficient (Wildman–Crippen LogP) is 0.786. The quantitative estimate of drug-likeness (QED) is 0.744. The van der Waals surface area contributed by atoms with Crippen LogP contribution >= 0.6 is 0 Å². The lowest BCUT2D eigenvalue weighted by molar-refractivity contribution is -0.139. The summed E-state index contributed by atoms with van der Waals surface area (Å²) >= 11 is 0. The lowest BCUT2D eigenvalue weighted by atomic mass is 10.2. The molecular formula is C10H13NO3. The van der Waals surface area contributed by atoms with Crippen molar-refractivity contribution in [2.45, 2.75) is 13.0 Å². The van der Waals surface area contributed by atoms with E-state index in [-0.39, 0.29) is 6.61 Å². The van der Waals surface area contributed by atoms with Crippen LogP contribution in [0.5, 0.6) is 5.75 Å². The number of hydrogen-bond donors (Lipinski definition) is 2. The average molecular weight is 195 g/mol. The molecule has 4 heteroatoms. The Bertz CT molecular complexity index is 308. The third kappa shape index (κ3) is 3.06. The number of carboxylic acid groups (broad SMARTS) is 1.